The van der Waals surface area contributed by atoms with Crippen LogP contribution in [0, 0.1) is 5.82 Å². The molecule has 0 radical (unpaired) electrons. The quantitative estimate of drug-likeness (QED) is 0.863. The first-order chi connectivity index (χ1) is 9.55. The summed E-state index contributed by atoms with van der Waals surface area (Å²) in [4.78, 5) is 16.2. The van der Waals surface area contributed by atoms with E-state index in [4.69, 9.17) is 11.6 Å². The Kier molecular flexibility index (Phi) is 4.60. The van der Waals surface area contributed by atoms with Gasteiger partial charge in [-0.3, -0.25) is 4.79 Å². The molecule has 0 fully saturated rings. The van der Waals surface area contributed by atoms with Gasteiger partial charge in [-0.2, -0.15) is 0 Å². The van der Waals surface area contributed by atoms with Crippen LogP contribution in [-0.2, 0) is 17.2 Å². The van der Waals surface area contributed by atoms with Gasteiger partial charge in [0, 0.05) is 12.1 Å². The minimum atomic E-state index is -0.354. The number of benzene rings is 1. The molecular formula is C14H17ClFN3O. The summed E-state index contributed by atoms with van der Waals surface area (Å²) in [5.41, 5.74) is 1.22. The summed E-state index contributed by atoms with van der Waals surface area (Å²) in [6.07, 6.45) is 0.865. The highest BCUT2D eigenvalue weighted by atomic mass is 35.5. The molecule has 2 rings (SSSR count). The highest BCUT2D eigenvalue weighted by Crippen LogP contribution is 2.18. The van der Waals surface area contributed by atoms with E-state index >= 15 is 0 Å². The van der Waals surface area contributed by atoms with E-state index in [2.05, 4.69) is 10.3 Å². The van der Waals surface area contributed by atoms with Crippen LogP contribution in [-0.4, -0.2) is 21.5 Å². The second-order valence-corrected chi connectivity index (χ2v) is 5.02. The van der Waals surface area contributed by atoms with Gasteiger partial charge in [0.25, 0.3) is 0 Å². The van der Waals surface area contributed by atoms with Gasteiger partial charge in [-0.1, -0.05) is 6.92 Å². The topological polar surface area (TPSA) is 46.9 Å². The number of imidazole rings is 1. The summed E-state index contributed by atoms with van der Waals surface area (Å²) >= 11 is 5.85. The predicted molar refractivity (Wildman–Crippen MR) is 77.1 cm³/mol. The zero-order valence-corrected chi connectivity index (χ0v) is 12.2. The summed E-state index contributed by atoms with van der Waals surface area (Å²) in [6, 6.07) is 4.43. The lowest BCUT2D eigenvalue weighted by Gasteiger charge is -2.13. The van der Waals surface area contributed by atoms with Crippen LogP contribution in [0.5, 0.6) is 0 Å². The zero-order chi connectivity index (χ0) is 14.7. The third kappa shape index (κ3) is 3.10. The zero-order valence-electron chi connectivity index (χ0n) is 11.5. The predicted octanol–water partition coefficient (Wildman–Crippen LogP) is 2.83. The fourth-order valence-electron chi connectivity index (χ4n) is 2.00. The van der Waals surface area contributed by atoms with Gasteiger partial charge in [0.1, 0.15) is 18.2 Å². The smallest absolute Gasteiger partial charge is 0.240 e. The molecule has 6 heteroatoms. The molecule has 108 valence electrons. The van der Waals surface area contributed by atoms with Crippen LogP contribution in [0.2, 0.25) is 0 Å². The van der Waals surface area contributed by atoms with E-state index in [1.165, 1.54) is 12.1 Å². The van der Waals surface area contributed by atoms with Crippen molar-refractivity contribution in [3.63, 3.8) is 0 Å². The Morgan fingerprint density at radius 3 is 2.95 bits per heavy atom. The van der Waals surface area contributed by atoms with Gasteiger partial charge < -0.3 is 9.88 Å². The summed E-state index contributed by atoms with van der Waals surface area (Å²) in [5, 5.41) is 2.89. The van der Waals surface area contributed by atoms with Crippen molar-refractivity contribution in [1.82, 2.24) is 14.9 Å². The molecule has 1 heterocycles. The molecule has 0 saturated heterocycles. The molecule has 0 aliphatic heterocycles. The van der Waals surface area contributed by atoms with E-state index in [-0.39, 0.29) is 30.2 Å². The Balaban J connectivity index is 2.30. The van der Waals surface area contributed by atoms with Gasteiger partial charge in [-0.25, -0.2) is 9.37 Å². The van der Waals surface area contributed by atoms with Crippen LogP contribution in [0.25, 0.3) is 11.0 Å². The minimum absolute atomic E-state index is 0.102. The van der Waals surface area contributed by atoms with Crippen molar-refractivity contribution in [3.05, 3.63) is 29.8 Å². The number of nitrogens with zero attached hydrogens (tertiary/aromatic N) is 2. The van der Waals surface area contributed by atoms with E-state index in [0.717, 1.165) is 6.42 Å². The van der Waals surface area contributed by atoms with Crippen LogP contribution >= 0.6 is 11.6 Å². The molecule has 0 spiro atoms. The first-order valence-corrected chi connectivity index (χ1v) is 7.08. The number of alkyl halides is 1. The van der Waals surface area contributed by atoms with Crippen molar-refractivity contribution < 1.29 is 9.18 Å². The van der Waals surface area contributed by atoms with Gasteiger partial charge in [0.15, 0.2) is 0 Å². The summed E-state index contributed by atoms with van der Waals surface area (Å²) in [6.45, 7) is 4.08. The van der Waals surface area contributed by atoms with Crippen molar-refractivity contribution in [1.29, 1.82) is 0 Å². The SMILES string of the molecule is CCC(C)NC(=O)Cn1c(CCl)nc2cc(F)ccc21. The van der Waals surface area contributed by atoms with E-state index in [9.17, 15) is 9.18 Å². The molecule has 0 aliphatic carbocycles. The molecule has 1 N–H and O–H groups in total. The maximum Gasteiger partial charge on any atom is 0.240 e. The Morgan fingerprint density at radius 2 is 2.30 bits per heavy atom. The molecule has 1 aromatic heterocycles. The fourth-order valence-corrected chi connectivity index (χ4v) is 2.20. The van der Waals surface area contributed by atoms with E-state index in [1.807, 2.05) is 13.8 Å². The lowest BCUT2D eigenvalue weighted by molar-refractivity contribution is -0.122. The summed E-state index contributed by atoms with van der Waals surface area (Å²) in [5.74, 6) is 0.278. The van der Waals surface area contributed by atoms with Crippen molar-refractivity contribution in [2.24, 2.45) is 0 Å². The summed E-state index contributed by atoms with van der Waals surface area (Å²) in [7, 11) is 0. The van der Waals surface area contributed by atoms with Crippen LogP contribution in [0.3, 0.4) is 0 Å². The third-order valence-corrected chi connectivity index (χ3v) is 3.47. The average Bonchev–Trinajstić information content (AvgIpc) is 2.75. The number of carbonyl (C=O) groups is 1. The molecule has 4 nitrogen and oxygen atoms in total. The highest BCUT2D eigenvalue weighted by Gasteiger charge is 2.14. The number of aromatic nitrogens is 2. The van der Waals surface area contributed by atoms with Crippen LogP contribution in [0.4, 0.5) is 4.39 Å². The van der Waals surface area contributed by atoms with Gasteiger partial charge in [0.05, 0.1) is 16.9 Å². The monoisotopic (exact) mass is 297 g/mol. The Labute approximate surface area is 121 Å². The highest BCUT2D eigenvalue weighted by molar-refractivity contribution is 6.16. The lowest BCUT2D eigenvalue weighted by Crippen LogP contribution is -2.34. The van der Waals surface area contributed by atoms with Crippen LogP contribution in [0.15, 0.2) is 18.2 Å². The standard InChI is InChI=1S/C14H17ClFN3O/c1-3-9(2)17-14(20)8-19-12-5-4-10(16)6-11(12)18-13(19)7-15/h4-6,9H,3,7-8H2,1-2H3,(H,17,20). The number of carbonyl (C=O) groups excluding carboxylic acids is 1. The Morgan fingerprint density at radius 1 is 1.55 bits per heavy atom. The Bertz CT molecular complexity index is 626. The molecule has 2 aromatic rings. The first-order valence-electron chi connectivity index (χ1n) is 6.55. The summed E-state index contributed by atoms with van der Waals surface area (Å²) < 4.78 is 14.9. The number of hydrogen-bond acceptors (Lipinski definition) is 2. The number of hydrogen-bond donors (Lipinski definition) is 1. The average molecular weight is 298 g/mol. The Hall–Kier alpha value is -1.62. The van der Waals surface area contributed by atoms with Gasteiger partial charge in [0.2, 0.25) is 5.91 Å². The molecule has 0 saturated carbocycles. The molecule has 1 aromatic carbocycles. The van der Waals surface area contributed by atoms with Crippen molar-refractivity contribution in [2.75, 3.05) is 0 Å². The maximum atomic E-state index is 13.2. The van der Waals surface area contributed by atoms with Gasteiger partial charge in [-0.15, -0.1) is 11.6 Å². The van der Waals surface area contributed by atoms with Crippen molar-refractivity contribution >= 4 is 28.5 Å². The van der Waals surface area contributed by atoms with E-state index in [0.29, 0.717) is 16.9 Å². The van der Waals surface area contributed by atoms with Crippen LogP contribution in [0.1, 0.15) is 26.1 Å². The molecule has 0 bridgehead atoms. The molecule has 1 atom stereocenters. The number of nitrogens with one attached hydrogen (secondary N) is 1. The molecule has 0 aliphatic rings. The van der Waals surface area contributed by atoms with E-state index < -0.39 is 0 Å². The molecule has 1 amide bonds. The van der Waals surface area contributed by atoms with Gasteiger partial charge >= 0.3 is 0 Å². The number of amides is 1. The number of fused-ring (bicyclic) bond motifs is 1. The number of rotatable bonds is 5. The van der Waals surface area contributed by atoms with Crippen molar-refractivity contribution in [3.8, 4) is 0 Å². The lowest BCUT2D eigenvalue weighted by atomic mass is 10.2. The molecule has 20 heavy (non-hydrogen) atoms. The number of halogens is 2. The third-order valence-electron chi connectivity index (χ3n) is 3.23. The van der Waals surface area contributed by atoms with Crippen molar-refractivity contribution in [2.45, 2.75) is 38.7 Å². The largest absolute Gasteiger partial charge is 0.352 e. The second-order valence-electron chi connectivity index (χ2n) is 4.76. The minimum Gasteiger partial charge on any atom is -0.352 e. The normalized spacial score (nSPS) is 12.6. The van der Waals surface area contributed by atoms with Crippen LogP contribution < -0.4 is 5.32 Å². The van der Waals surface area contributed by atoms with Gasteiger partial charge in [-0.05, 0) is 25.5 Å². The van der Waals surface area contributed by atoms with E-state index in [1.54, 1.807) is 10.6 Å². The maximum absolute atomic E-state index is 13.2. The molecule has 1 unspecified atom stereocenters. The second kappa shape index (κ2) is 6.22. The first kappa shape index (κ1) is 14.8. The molecular weight excluding hydrogens is 281 g/mol. The fraction of sp³-hybridized carbons (Fsp3) is 0.429.